The maximum atomic E-state index is 11.5. The van der Waals surface area contributed by atoms with Gasteiger partial charge in [0, 0.05) is 12.4 Å². The molecule has 0 atom stereocenters. The molecule has 2 aromatic rings. The van der Waals surface area contributed by atoms with Crippen molar-refractivity contribution in [3.63, 3.8) is 0 Å². The van der Waals surface area contributed by atoms with Gasteiger partial charge in [0.1, 0.15) is 11.5 Å². The lowest BCUT2D eigenvalue weighted by Gasteiger charge is -2.01. The van der Waals surface area contributed by atoms with E-state index in [1.165, 1.54) is 18.6 Å². The number of nitrogens with one attached hydrogen (secondary N) is 1. The van der Waals surface area contributed by atoms with E-state index < -0.39 is 0 Å². The lowest BCUT2D eigenvalue weighted by Crippen LogP contribution is -2.23. The molecule has 0 bridgehead atoms. The van der Waals surface area contributed by atoms with Crippen LogP contribution >= 0.6 is 11.6 Å². The highest BCUT2D eigenvalue weighted by molar-refractivity contribution is 6.28. The summed E-state index contributed by atoms with van der Waals surface area (Å²) in [5, 5.41) is 2.93. The number of hydrogen-bond acceptors (Lipinski definition) is 4. The van der Waals surface area contributed by atoms with Gasteiger partial charge >= 0.3 is 0 Å². The molecule has 0 aliphatic rings. The molecular formula is C10H8ClN3O2. The van der Waals surface area contributed by atoms with Crippen LogP contribution in [0.2, 0.25) is 5.22 Å². The van der Waals surface area contributed by atoms with Gasteiger partial charge in [-0.1, -0.05) is 0 Å². The van der Waals surface area contributed by atoms with E-state index in [1.54, 1.807) is 12.1 Å². The molecule has 0 spiro atoms. The predicted octanol–water partition coefficient (Wildman–Crippen LogP) is 1.65. The van der Waals surface area contributed by atoms with Crippen molar-refractivity contribution in [2.75, 3.05) is 0 Å². The molecule has 0 aliphatic carbocycles. The quantitative estimate of drug-likeness (QED) is 0.882. The summed E-state index contributed by atoms with van der Waals surface area (Å²) < 4.78 is 5.08. The van der Waals surface area contributed by atoms with Crippen LogP contribution in [-0.2, 0) is 6.54 Å². The van der Waals surface area contributed by atoms with Gasteiger partial charge in [-0.15, -0.1) is 0 Å². The molecule has 1 amide bonds. The molecule has 0 radical (unpaired) electrons. The largest absolute Gasteiger partial charge is 0.448 e. The third-order valence-corrected chi connectivity index (χ3v) is 2.05. The topological polar surface area (TPSA) is 68.0 Å². The first kappa shape index (κ1) is 10.6. The van der Waals surface area contributed by atoms with Gasteiger partial charge in [-0.05, 0) is 23.7 Å². The number of nitrogens with zero attached hydrogens (tertiary/aromatic N) is 2. The molecule has 6 heteroatoms. The average Bonchev–Trinajstić information content (AvgIpc) is 2.73. The molecule has 0 fully saturated rings. The van der Waals surface area contributed by atoms with E-state index in [4.69, 9.17) is 16.0 Å². The van der Waals surface area contributed by atoms with E-state index >= 15 is 0 Å². The molecule has 2 heterocycles. The first-order valence-corrected chi connectivity index (χ1v) is 4.92. The molecule has 16 heavy (non-hydrogen) atoms. The van der Waals surface area contributed by atoms with Crippen molar-refractivity contribution in [2.24, 2.45) is 0 Å². The van der Waals surface area contributed by atoms with Crippen molar-refractivity contribution in [1.29, 1.82) is 0 Å². The standard InChI is InChI=1S/C10H8ClN3O2/c11-9-2-1-7(16-9)5-14-10(15)8-6-12-3-4-13-8/h1-4,6H,5H2,(H,14,15). The van der Waals surface area contributed by atoms with Gasteiger partial charge in [-0.3, -0.25) is 9.78 Å². The minimum Gasteiger partial charge on any atom is -0.448 e. The lowest BCUT2D eigenvalue weighted by molar-refractivity contribution is 0.0942. The number of carbonyl (C=O) groups is 1. The van der Waals surface area contributed by atoms with Crippen molar-refractivity contribution in [2.45, 2.75) is 6.54 Å². The fourth-order valence-corrected chi connectivity index (χ4v) is 1.28. The summed E-state index contributed by atoms with van der Waals surface area (Å²) in [5.74, 6) is 0.280. The smallest absolute Gasteiger partial charge is 0.271 e. The maximum absolute atomic E-state index is 11.5. The molecule has 82 valence electrons. The van der Waals surface area contributed by atoms with Gasteiger partial charge in [0.25, 0.3) is 5.91 Å². The van der Waals surface area contributed by atoms with E-state index in [9.17, 15) is 4.79 Å². The Kier molecular flexibility index (Phi) is 3.16. The highest BCUT2D eigenvalue weighted by atomic mass is 35.5. The van der Waals surface area contributed by atoms with E-state index in [-0.39, 0.29) is 18.1 Å². The summed E-state index contributed by atoms with van der Waals surface area (Å²) in [7, 11) is 0. The molecule has 5 nitrogen and oxygen atoms in total. The van der Waals surface area contributed by atoms with Crippen LogP contribution < -0.4 is 5.32 Å². The summed E-state index contributed by atoms with van der Waals surface area (Å²) in [6.45, 7) is 0.266. The molecule has 0 saturated heterocycles. The summed E-state index contributed by atoms with van der Waals surface area (Å²) >= 11 is 5.59. The van der Waals surface area contributed by atoms with Crippen LogP contribution in [0.5, 0.6) is 0 Å². The number of furan rings is 1. The van der Waals surface area contributed by atoms with Gasteiger partial charge in [-0.25, -0.2) is 4.98 Å². The summed E-state index contributed by atoms with van der Waals surface area (Å²) in [6.07, 6.45) is 4.35. The number of aromatic nitrogens is 2. The number of halogens is 1. The molecule has 0 saturated carbocycles. The predicted molar refractivity (Wildman–Crippen MR) is 56.9 cm³/mol. The van der Waals surface area contributed by atoms with Crippen molar-refractivity contribution >= 4 is 17.5 Å². The van der Waals surface area contributed by atoms with Crippen molar-refractivity contribution in [3.05, 3.63) is 47.4 Å². The number of rotatable bonds is 3. The molecule has 0 aliphatic heterocycles. The lowest BCUT2D eigenvalue weighted by atomic mass is 10.4. The normalized spacial score (nSPS) is 10.1. The first-order valence-electron chi connectivity index (χ1n) is 4.54. The summed E-state index contributed by atoms with van der Waals surface area (Å²) in [4.78, 5) is 19.2. The van der Waals surface area contributed by atoms with Crippen LogP contribution in [0.4, 0.5) is 0 Å². The van der Waals surface area contributed by atoms with E-state index in [2.05, 4.69) is 15.3 Å². The van der Waals surface area contributed by atoms with Crippen LogP contribution in [0.3, 0.4) is 0 Å². The Morgan fingerprint density at radius 3 is 2.94 bits per heavy atom. The number of amides is 1. The molecule has 0 unspecified atom stereocenters. The van der Waals surface area contributed by atoms with Crippen LogP contribution in [0, 0.1) is 0 Å². The van der Waals surface area contributed by atoms with Gasteiger partial charge < -0.3 is 9.73 Å². The van der Waals surface area contributed by atoms with E-state index in [0.29, 0.717) is 11.0 Å². The number of hydrogen-bond donors (Lipinski definition) is 1. The summed E-state index contributed by atoms with van der Waals surface area (Å²) in [5.41, 5.74) is 0.264. The third-order valence-electron chi connectivity index (χ3n) is 1.85. The van der Waals surface area contributed by atoms with Crippen molar-refractivity contribution in [3.8, 4) is 0 Å². The second-order valence-corrected chi connectivity index (χ2v) is 3.35. The molecule has 0 aromatic carbocycles. The third kappa shape index (κ3) is 2.58. The fraction of sp³-hybridized carbons (Fsp3) is 0.100. The second-order valence-electron chi connectivity index (χ2n) is 2.98. The Hall–Kier alpha value is -1.88. The van der Waals surface area contributed by atoms with Crippen LogP contribution in [-0.4, -0.2) is 15.9 Å². The van der Waals surface area contributed by atoms with Gasteiger partial charge in [-0.2, -0.15) is 0 Å². The zero-order valence-corrected chi connectivity index (χ0v) is 8.94. The monoisotopic (exact) mass is 237 g/mol. The summed E-state index contributed by atoms with van der Waals surface area (Å²) in [6, 6.07) is 3.31. The van der Waals surface area contributed by atoms with Crippen molar-refractivity contribution in [1.82, 2.24) is 15.3 Å². The minimum atomic E-state index is -0.305. The zero-order valence-electron chi connectivity index (χ0n) is 8.18. The fourth-order valence-electron chi connectivity index (χ4n) is 1.12. The van der Waals surface area contributed by atoms with Gasteiger partial charge in [0.2, 0.25) is 0 Å². The second kappa shape index (κ2) is 4.76. The molecule has 1 N–H and O–H groups in total. The first-order chi connectivity index (χ1) is 7.75. The SMILES string of the molecule is O=C(NCc1ccc(Cl)o1)c1cnccn1. The van der Waals surface area contributed by atoms with Gasteiger partial charge in [0.15, 0.2) is 5.22 Å². The average molecular weight is 238 g/mol. The highest BCUT2D eigenvalue weighted by Crippen LogP contribution is 2.12. The maximum Gasteiger partial charge on any atom is 0.271 e. The Balaban J connectivity index is 1.94. The Morgan fingerprint density at radius 2 is 2.31 bits per heavy atom. The Bertz CT molecular complexity index is 484. The van der Waals surface area contributed by atoms with Crippen LogP contribution in [0.1, 0.15) is 16.2 Å². The van der Waals surface area contributed by atoms with E-state index in [1.807, 2.05) is 0 Å². The van der Waals surface area contributed by atoms with Crippen LogP contribution in [0.25, 0.3) is 0 Å². The minimum absolute atomic E-state index is 0.264. The Labute approximate surface area is 96.5 Å². The molecule has 2 aromatic heterocycles. The number of carbonyl (C=O) groups excluding carboxylic acids is 1. The zero-order chi connectivity index (χ0) is 11.4. The Morgan fingerprint density at radius 1 is 1.44 bits per heavy atom. The van der Waals surface area contributed by atoms with Crippen molar-refractivity contribution < 1.29 is 9.21 Å². The van der Waals surface area contributed by atoms with Crippen LogP contribution in [0.15, 0.2) is 35.1 Å². The van der Waals surface area contributed by atoms with E-state index in [0.717, 1.165) is 0 Å². The highest BCUT2D eigenvalue weighted by Gasteiger charge is 2.07. The van der Waals surface area contributed by atoms with Gasteiger partial charge in [0.05, 0.1) is 12.7 Å². The molecule has 2 rings (SSSR count). The molecular weight excluding hydrogens is 230 g/mol.